The highest BCUT2D eigenvalue weighted by Crippen LogP contribution is 2.41. The van der Waals surface area contributed by atoms with Crippen molar-refractivity contribution in [2.75, 3.05) is 24.7 Å². The minimum atomic E-state index is -2.81. The molecule has 0 saturated heterocycles. The number of fused-ring (bicyclic) bond motifs is 2. The molecule has 6 rings (SSSR count). The van der Waals surface area contributed by atoms with Crippen LogP contribution in [0.2, 0.25) is 0 Å². The van der Waals surface area contributed by atoms with E-state index in [2.05, 4.69) is 11.2 Å². The fraction of sp³-hybridized carbons (Fsp3) is 0.184. The van der Waals surface area contributed by atoms with Crippen LogP contribution in [0.25, 0.3) is 44.3 Å². The summed E-state index contributed by atoms with van der Waals surface area (Å²) in [6.45, 7) is 1.58. The highest BCUT2D eigenvalue weighted by molar-refractivity contribution is 8.00. The standard InChI is InChI=1S/C38H34F2N4O5S/c1-22(45)6-17-34-42-31-16-11-25(18-29(31)38(47)44(34)21-23-7-12-26(39)13-8-23)28-19-30-33(20-32(28)43(3)50(4,5)48)49-36(35(30)37(46)41-2)24-9-14-27(40)15-10-24/h7-16,18-20H,4,6,17,21H2,1-3,5H3,(H,41,46). The third-order valence-electron chi connectivity index (χ3n) is 8.58. The molecular weight excluding hydrogens is 663 g/mol. The van der Waals surface area contributed by atoms with Crippen LogP contribution in [0.15, 0.2) is 88.1 Å². The highest BCUT2D eigenvalue weighted by atomic mass is 32.2. The van der Waals surface area contributed by atoms with E-state index in [1.54, 1.807) is 49.5 Å². The van der Waals surface area contributed by atoms with Crippen molar-refractivity contribution < 1.29 is 27.0 Å². The van der Waals surface area contributed by atoms with Crippen LogP contribution in [0.4, 0.5) is 14.5 Å². The Bertz CT molecular complexity index is 2470. The van der Waals surface area contributed by atoms with E-state index >= 15 is 0 Å². The average Bonchev–Trinajstić information content (AvgIpc) is 3.46. The van der Waals surface area contributed by atoms with Crippen LogP contribution in [0.3, 0.4) is 0 Å². The summed E-state index contributed by atoms with van der Waals surface area (Å²) in [5.74, 6) is 3.16. The molecule has 4 aromatic carbocycles. The number of hydrogen-bond donors (Lipinski definition) is 1. The first-order valence-corrected chi connectivity index (χ1v) is 17.8. The number of anilines is 1. The number of carbonyl (C=O) groups is 2. The average molecular weight is 697 g/mol. The molecule has 0 fully saturated rings. The summed E-state index contributed by atoms with van der Waals surface area (Å²) in [7, 11) is 0.308. The zero-order chi connectivity index (χ0) is 35.9. The monoisotopic (exact) mass is 696 g/mol. The second kappa shape index (κ2) is 13.4. The van der Waals surface area contributed by atoms with Crippen LogP contribution in [0.5, 0.6) is 0 Å². The maximum absolute atomic E-state index is 14.2. The normalized spacial score (nSPS) is 12.6. The number of hydrogen-bond acceptors (Lipinski definition) is 6. The summed E-state index contributed by atoms with van der Waals surface area (Å²) < 4.78 is 50.0. The fourth-order valence-electron chi connectivity index (χ4n) is 5.84. The van der Waals surface area contributed by atoms with E-state index in [9.17, 15) is 27.4 Å². The molecule has 0 saturated carbocycles. The first-order valence-electron chi connectivity index (χ1n) is 15.7. The topological polar surface area (TPSA) is 115 Å². The Morgan fingerprint density at radius 2 is 1.60 bits per heavy atom. The quantitative estimate of drug-likeness (QED) is 0.166. The van der Waals surface area contributed by atoms with Gasteiger partial charge < -0.3 is 18.8 Å². The van der Waals surface area contributed by atoms with Crippen molar-refractivity contribution >= 4 is 54.8 Å². The molecule has 0 bridgehead atoms. The van der Waals surface area contributed by atoms with Gasteiger partial charge in [-0.05, 0) is 78.5 Å². The van der Waals surface area contributed by atoms with Crippen LogP contribution in [0.1, 0.15) is 35.1 Å². The molecule has 0 aliphatic heterocycles. The number of ketones is 1. The van der Waals surface area contributed by atoms with Crippen molar-refractivity contribution in [1.29, 1.82) is 0 Å². The van der Waals surface area contributed by atoms with Crippen molar-refractivity contribution in [2.24, 2.45) is 0 Å². The zero-order valence-electron chi connectivity index (χ0n) is 27.9. The smallest absolute Gasteiger partial charge is 0.261 e. The van der Waals surface area contributed by atoms with Gasteiger partial charge in [-0.1, -0.05) is 18.2 Å². The molecule has 2 aromatic heterocycles. The summed E-state index contributed by atoms with van der Waals surface area (Å²) in [5.41, 5.74) is 3.28. The number of carbonyl (C=O) groups excluding carboxylic acids is 2. The van der Waals surface area contributed by atoms with Gasteiger partial charge in [0.15, 0.2) is 0 Å². The maximum atomic E-state index is 14.2. The number of amides is 1. The number of Topliss-reactive ketones (excluding diaryl/α,β-unsaturated/α-hetero) is 1. The van der Waals surface area contributed by atoms with Gasteiger partial charge >= 0.3 is 0 Å². The zero-order valence-corrected chi connectivity index (χ0v) is 28.7. The predicted molar refractivity (Wildman–Crippen MR) is 194 cm³/mol. The molecule has 1 unspecified atom stereocenters. The Labute approximate surface area is 287 Å². The van der Waals surface area contributed by atoms with E-state index in [0.717, 1.165) is 0 Å². The van der Waals surface area contributed by atoms with E-state index in [4.69, 9.17) is 9.40 Å². The second-order valence-electron chi connectivity index (χ2n) is 12.2. The molecule has 1 atom stereocenters. The number of rotatable bonds is 10. The Hall–Kier alpha value is -5.62. The number of halogens is 2. The maximum Gasteiger partial charge on any atom is 0.261 e. The number of aromatic nitrogens is 2. The van der Waals surface area contributed by atoms with Gasteiger partial charge in [-0.25, -0.2) is 18.0 Å². The van der Waals surface area contributed by atoms with Gasteiger partial charge in [0.2, 0.25) is 0 Å². The largest absolute Gasteiger partial charge is 0.455 e. The molecule has 2 heterocycles. The SMILES string of the molecule is C=S(C)(=O)N(C)c1cc2oc(-c3ccc(F)cc3)c(C(=O)NC)c2cc1-c1ccc2nc(CCC(C)=O)n(Cc3ccc(F)cc3)c(=O)c2c1. The molecule has 9 nitrogen and oxygen atoms in total. The molecule has 0 aliphatic carbocycles. The van der Waals surface area contributed by atoms with E-state index in [1.807, 2.05) is 0 Å². The van der Waals surface area contributed by atoms with Crippen LogP contribution < -0.4 is 15.2 Å². The first kappa shape index (κ1) is 34.3. The van der Waals surface area contributed by atoms with Crippen LogP contribution in [0, 0.1) is 11.6 Å². The Kier molecular flexibility index (Phi) is 9.15. The third-order valence-corrected chi connectivity index (χ3v) is 9.94. The minimum Gasteiger partial charge on any atom is -0.455 e. The molecule has 1 amide bonds. The van der Waals surface area contributed by atoms with Gasteiger partial charge in [-0.2, -0.15) is 0 Å². The van der Waals surface area contributed by atoms with Gasteiger partial charge in [0, 0.05) is 65.5 Å². The number of aryl methyl sites for hydroxylation is 1. The lowest BCUT2D eigenvalue weighted by atomic mass is 9.97. The first-order chi connectivity index (χ1) is 23.7. The van der Waals surface area contributed by atoms with E-state index in [-0.39, 0.29) is 47.4 Å². The summed E-state index contributed by atoms with van der Waals surface area (Å²) in [4.78, 5) is 44.2. The third kappa shape index (κ3) is 6.66. The molecular formula is C38H34F2N4O5S. The van der Waals surface area contributed by atoms with Gasteiger partial charge in [0.05, 0.1) is 28.7 Å². The molecule has 0 aliphatic rings. The predicted octanol–water partition coefficient (Wildman–Crippen LogP) is 6.38. The van der Waals surface area contributed by atoms with Gasteiger partial charge in [-0.15, -0.1) is 0 Å². The highest BCUT2D eigenvalue weighted by Gasteiger charge is 2.25. The van der Waals surface area contributed by atoms with Crippen LogP contribution in [-0.4, -0.2) is 51.7 Å². The van der Waals surface area contributed by atoms with Gasteiger partial charge in [-0.3, -0.25) is 14.2 Å². The lowest BCUT2D eigenvalue weighted by Gasteiger charge is -2.24. The van der Waals surface area contributed by atoms with E-state index in [1.165, 1.54) is 65.5 Å². The van der Waals surface area contributed by atoms with Crippen molar-refractivity contribution in [3.8, 4) is 22.5 Å². The lowest BCUT2D eigenvalue weighted by molar-refractivity contribution is -0.117. The number of benzene rings is 4. The minimum absolute atomic E-state index is 0.0501. The number of furan rings is 1. The summed E-state index contributed by atoms with van der Waals surface area (Å²) in [6, 6.07) is 19.9. The Balaban J connectivity index is 1.60. The van der Waals surface area contributed by atoms with E-state index < -0.39 is 27.2 Å². The number of nitrogens with one attached hydrogen (secondary N) is 1. The lowest BCUT2D eigenvalue weighted by Crippen LogP contribution is -2.26. The molecule has 1 N–H and O–H groups in total. The van der Waals surface area contributed by atoms with Crippen LogP contribution in [-0.2, 0) is 27.5 Å². The number of nitrogens with zero attached hydrogens (tertiary/aromatic N) is 3. The summed E-state index contributed by atoms with van der Waals surface area (Å²) in [5, 5.41) is 3.37. The van der Waals surface area contributed by atoms with Crippen molar-refractivity contribution in [1.82, 2.24) is 14.9 Å². The fourth-order valence-corrected chi connectivity index (χ4v) is 6.40. The molecule has 6 aromatic rings. The van der Waals surface area contributed by atoms with Gasteiger partial charge in [0.1, 0.15) is 34.6 Å². The van der Waals surface area contributed by atoms with Gasteiger partial charge in [0.25, 0.3) is 11.5 Å². The molecule has 0 spiro atoms. The molecule has 12 heteroatoms. The Morgan fingerprint density at radius 3 is 2.22 bits per heavy atom. The molecule has 256 valence electrons. The second-order valence-corrected chi connectivity index (χ2v) is 14.7. The Morgan fingerprint density at radius 1 is 0.960 bits per heavy atom. The summed E-state index contributed by atoms with van der Waals surface area (Å²) in [6.07, 6.45) is 1.92. The molecule has 50 heavy (non-hydrogen) atoms. The van der Waals surface area contributed by atoms with Crippen LogP contribution >= 0.6 is 0 Å². The molecule has 0 radical (unpaired) electrons. The van der Waals surface area contributed by atoms with Crippen molar-refractivity contribution in [2.45, 2.75) is 26.3 Å². The van der Waals surface area contributed by atoms with Crippen molar-refractivity contribution in [3.05, 3.63) is 118 Å². The van der Waals surface area contributed by atoms with Crippen molar-refractivity contribution in [3.63, 3.8) is 0 Å². The van der Waals surface area contributed by atoms with E-state index in [0.29, 0.717) is 50.3 Å². The summed E-state index contributed by atoms with van der Waals surface area (Å²) >= 11 is 0.